The van der Waals surface area contributed by atoms with E-state index in [2.05, 4.69) is 0 Å². The Morgan fingerprint density at radius 3 is 2.96 bits per heavy atom. The number of phenolic OH excluding ortho intramolecular Hbond substituents is 1. The van der Waals surface area contributed by atoms with Gasteiger partial charge in [0.1, 0.15) is 11.3 Å². The number of rotatable bonds is 4. The molecule has 4 rings (SSSR count). The van der Waals surface area contributed by atoms with E-state index < -0.39 is 0 Å². The third kappa shape index (κ3) is 3.45. The number of carbonyl (C=O) groups is 1. The average molecular weight is 349 g/mol. The van der Waals surface area contributed by atoms with Crippen molar-refractivity contribution >= 4 is 16.9 Å². The summed E-state index contributed by atoms with van der Waals surface area (Å²) in [7, 11) is 0. The number of benzene rings is 2. The number of likely N-dealkylation sites (tertiary alicyclic amines) is 1. The van der Waals surface area contributed by atoms with E-state index in [1.807, 2.05) is 47.4 Å². The third-order valence-electron chi connectivity index (χ3n) is 5.26. The molecule has 1 fully saturated rings. The van der Waals surface area contributed by atoms with E-state index in [-0.39, 0.29) is 11.9 Å². The number of aryl methyl sites for hydroxylation is 1. The van der Waals surface area contributed by atoms with Gasteiger partial charge in [-0.3, -0.25) is 4.79 Å². The molecule has 0 spiro atoms. The summed E-state index contributed by atoms with van der Waals surface area (Å²) in [6, 6.07) is 15.2. The van der Waals surface area contributed by atoms with Crippen molar-refractivity contribution in [2.45, 2.75) is 38.1 Å². The summed E-state index contributed by atoms with van der Waals surface area (Å²) in [4.78, 5) is 15.1. The van der Waals surface area contributed by atoms with Gasteiger partial charge in [0, 0.05) is 23.5 Å². The fourth-order valence-corrected chi connectivity index (χ4v) is 3.88. The summed E-state index contributed by atoms with van der Waals surface area (Å²) >= 11 is 0. The molecule has 3 aromatic rings. The van der Waals surface area contributed by atoms with Crippen molar-refractivity contribution in [3.05, 3.63) is 65.9 Å². The van der Waals surface area contributed by atoms with Gasteiger partial charge in [-0.2, -0.15) is 0 Å². The van der Waals surface area contributed by atoms with Crippen molar-refractivity contribution < 1.29 is 14.3 Å². The molecule has 4 nitrogen and oxygen atoms in total. The zero-order chi connectivity index (χ0) is 17.9. The van der Waals surface area contributed by atoms with Gasteiger partial charge in [0.15, 0.2) is 0 Å². The summed E-state index contributed by atoms with van der Waals surface area (Å²) in [6.07, 6.45) is 6.70. The minimum Gasteiger partial charge on any atom is -0.508 e. The smallest absolute Gasteiger partial charge is 0.254 e. The van der Waals surface area contributed by atoms with E-state index in [9.17, 15) is 9.90 Å². The lowest BCUT2D eigenvalue weighted by molar-refractivity contribution is 0.0602. The number of hydrogen-bond acceptors (Lipinski definition) is 3. The molecule has 2 heterocycles. The van der Waals surface area contributed by atoms with E-state index in [0.29, 0.717) is 5.75 Å². The Morgan fingerprint density at radius 1 is 1.15 bits per heavy atom. The van der Waals surface area contributed by atoms with Crippen LogP contribution in [0.25, 0.3) is 11.0 Å². The second-order valence-electron chi connectivity index (χ2n) is 7.03. The SMILES string of the molecule is O=C(c1ccc2occc2c1)N1CCCC[C@@H]1CCc1cccc(O)c1. The Morgan fingerprint density at radius 2 is 2.08 bits per heavy atom. The number of phenols is 1. The molecule has 1 aliphatic rings. The molecular weight excluding hydrogens is 326 g/mol. The van der Waals surface area contributed by atoms with Crippen LogP contribution in [0.3, 0.4) is 0 Å². The Hall–Kier alpha value is -2.75. The van der Waals surface area contributed by atoms with Crippen molar-refractivity contribution in [3.63, 3.8) is 0 Å². The molecule has 134 valence electrons. The van der Waals surface area contributed by atoms with Gasteiger partial charge in [-0.25, -0.2) is 0 Å². The summed E-state index contributed by atoms with van der Waals surface area (Å²) in [5, 5.41) is 10.6. The van der Waals surface area contributed by atoms with Crippen LogP contribution in [0.1, 0.15) is 41.6 Å². The monoisotopic (exact) mass is 349 g/mol. The predicted molar refractivity (Wildman–Crippen MR) is 101 cm³/mol. The Kier molecular flexibility index (Phi) is 4.65. The highest BCUT2D eigenvalue weighted by Gasteiger charge is 2.27. The minimum atomic E-state index is 0.105. The molecule has 2 aromatic carbocycles. The Balaban J connectivity index is 1.49. The van der Waals surface area contributed by atoms with Crippen LogP contribution in [0.5, 0.6) is 5.75 Å². The van der Waals surface area contributed by atoms with Crippen molar-refractivity contribution in [1.82, 2.24) is 4.90 Å². The van der Waals surface area contributed by atoms with Gasteiger partial charge >= 0.3 is 0 Å². The lowest BCUT2D eigenvalue weighted by Crippen LogP contribution is -2.44. The maximum atomic E-state index is 13.1. The highest BCUT2D eigenvalue weighted by atomic mass is 16.3. The number of hydrogen-bond donors (Lipinski definition) is 1. The maximum absolute atomic E-state index is 13.1. The van der Waals surface area contributed by atoms with Crippen LogP contribution in [0.4, 0.5) is 0 Å². The van der Waals surface area contributed by atoms with Crippen LogP contribution >= 0.6 is 0 Å². The zero-order valence-electron chi connectivity index (χ0n) is 14.7. The van der Waals surface area contributed by atoms with Gasteiger partial charge in [0.05, 0.1) is 6.26 Å². The van der Waals surface area contributed by atoms with E-state index in [1.165, 1.54) is 0 Å². The number of furan rings is 1. The largest absolute Gasteiger partial charge is 0.508 e. The van der Waals surface area contributed by atoms with E-state index in [1.54, 1.807) is 12.3 Å². The molecule has 1 saturated heterocycles. The molecule has 0 bridgehead atoms. The van der Waals surface area contributed by atoms with Gasteiger partial charge in [-0.15, -0.1) is 0 Å². The zero-order valence-corrected chi connectivity index (χ0v) is 14.7. The van der Waals surface area contributed by atoms with Crippen LogP contribution < -0.4 is 0 Å². The normalized spacial score (nSPS) is 17.5. The van der Waals surface area contributed by atoms with Crippen molar-refractivity contribution in [2.75, 3.05) is 6.54 Å². The van der Waals surface area contributed by atoms with Crippen LogP contribution in [0.2, 0.25) is 0 Å². The standard InChI is InChI=1S/C22H23NO3/c24-20-6-3-4-16(14-20)7-9-19-5-1-2-12-23(19)22(25)18-8-10-21-17(15-18)11-13-26-21/h3-4,6,8,10-11,13-15,19,24H,1-2,5,7,9,12H2/t19-/m1/s1. The maximum Gasteiger partial charge on any atom is 0.254 e. The number of piperidine rings is 1. The van der Waals surface area contributed by atoms with E-state index in [4.69, 9.17) is 4.42 Å². The molecule has 0 saturated carbocycles. The second kappa shape index (κ2) is 7.24. The van der Waals surface area contributed by atoms with Crippen LogP contribution in [-0.2, 0) is 6.42 Å². The molecule has 4 heteroatoms. The molecule has 0 aliphatic carbocycles. The highest BCUT2D eigenvalue weighted by Crippen LogP contribution is 2.25. The molecule has 1 aromatic heterocycles. The van der Waals surface area contributed by atoms with Crippen molar-refractivity contribution in [2.24, 2.45) is 0 Å². The molecule has 1 aliphatic heterocycles. The van der Waals surface area contributed by atoms with Crippen LogP contribution in [0.15, 0.2) is 59.2 Å². The number of nitrogens with zero attached hydrogens (tertiary/aromatic N) is 1. The molecule has 1 N–H and O–H groups in total. The van der Waals surface area contributed by atoms with Crippen LogP contribution in [0, 0.1) is 0 Å². The molecule has 1 atom stereocenters. The lowest BCUT2D eigenvalue weighted by atomic mass is 9.95. The van der Waals surface area contributed by atoms with Crippen molar-refractivity contribution in [1.29, 1.82) is 0 Å². The van der Waals surface area contributed by atoms with Gasteiger partial charge in [-0.05, 0) is 74.1 Å². The summed E-state index contributed by atoms with van der Waals surface area (Å²) < 4.78 is 5.37. The number of fused-ring (bicyclic) bond motifs is 1. The molecule has 26 heavy (non-hydrogen) atoms. The average Bonchev–Trinajstić information content (AvgIpc) is 3.14. The lowest BCUT2D eigenvalue weighted by Gasteiger charge is -2.36. The van der Waals surface area contributed by atoms with Crippen molar-refractivity contribution in [3.8, 4) is 5.75 Å². The van der Waals surface area contributed by atoms with E-state index in [0.717, 1.165) is 60.7 Å². The molecule has 0 unspecified atom stereocenters. The second-order valence-corrected chi connectivity index (χ2v) is 7.03. The first-order valence-corrected chi connectivity index (χ1v) is 9.27. The van der Waals surface area contributed by atoms with Gasteiger partial charge in [-0.1, -0.05) is 12.1 Å². The quantitative estimate of drug-likeness (QED) is 0.738. The third-order valence-corrected chi connectivity index (χ3v) is 5.26. The van der Waals surface area contributed by atoms with Gasteiger partial charge in [0.25, 0.3) is 5.91 Å². The van der Waals surface area contributed by atoms with Gasteiger partial charge < -0.3 is 14.4 Å². The first-order chi connectivity index (χ1) is 12.7. The first-order valence-electron chi connectivity index (χ1n) is 9.27. The molecule has 0 radical (unpaired) electrons. The molecular formula is C22H23NO3. The van der Waals surface area contributed by atoms with Crippen LogP contribution in [-0.4, -0.2) is 28.5 Å². The Labute approximate surface area is 153 Å². The predicted octanol–water partition coefficient (Wildman–Crippen LogP) is 4.77. The highest BCUT2D eigenvalue weighted by molar-refractivity contribution is 5.98. The van der Waals surface area contributed by atoms with E-state index >= 15 is 0 Å². The fraction of sp³-hybridized carbons (Fsp3) is 0.318. The number of carbonyl (C=O) groups excluding carboxylic acids is 1. The number of aromatic hydroxyl groups is 1. The summed E-state index contributed by atoms with van der Waals surface area (Å²) in [5.74, 6) is 0.404. The Bertz CT molecular complexity index is 914. The summed E-state index contributed by atoms with van der Waals surface area (Å²) in [5.41, 5.74) is 2.64. The first kappa shape index (κ1) is 16.7. The molecule has 1 amide bonds. The van der Waals surface area contributed by atoms with Gasteiger partial charge in [0.2, 0.25) is 0 Å². The minimum absolute atomic E-state index is 0.105. The fourth-order valence-electron chi connectivity index (χ4n) is 3.88. The number of amides is 1. The summed E-state index contributed by atoms with van der Waals surface area (Å²) in [6.45, 7) is 0.812. The topological polar surface area (TPSA) is 53.7 Å².